The summed E-state index contributed by atoms with van der Waals surface area (Å²) in [5, 5.41) is 0. The summed E-state index contributed by atoms with van der Waals surface area (Å²) < 4.78 is 1.34. The molecule has 0 saturated heterocycles. The summed E-state index contributed by atoms with van der Waals surface area (Å²) in [5.41, 5.74) is 6.67. The molecule has 7 nitrogen and oxygen atoms in total. The van der Waals surface area contributed by atoms with Crippen LogP contribution in [0.15, 0.2) is 33.9 Å². The lowest BCUT2D eigenvalue weighted by molar-refractivity contribution is 0.0986. The number of amides is 1. The maximum absolute atomic E-state index is 13.4. The molecule has 2 aromatic rings. The van der Waals surface area contributed by atoms with Crippen LogP contribution in [0.1, 0.15) is 76.2 Å². The van der Waals surface area contributed by atoms with E-state index in [1.54, 1.807) is 12.1 Å². The molecule has 0 bridgehead atoms. The van der Waals surface area contributed by atoms with E-state index >= 15 is 0 Å². The van der Waals surface area contributed by atoms with Gasteiger partial charge in [0.25, 0.3) is 11.5 Å². The maximum atomic E-state index is 13.4. The number of carbonyl (C=O) groups excluding carboxylic acids is 1. The van der Waals surface area contributed by atoms with Crippen LogP contribution >= 0.6 is 0 Å². The second-order valence-electron chi connectivity index (χ2n) is 8.64. The maximum Gasteiger partial charge on any atom is 0.330 e. The molecule has 1 aromatic heterocycles. The van der Waals surface area contributed by atoms with Gasteiger partial charge in [-0.2, -0.15) is 0 Å². The standard InChI is InChI=1S/C23H34N4O3/c1-6-8-14-26(21(29)16-10-12-17(13-11-16)23(3,4)5)18-19(24)27(15-9-7-2)22(30)25-20(18)28/h10-13H,6-9,14-15,24H2,1-5H3,(H,25,28,30). The molecule has 164 valence electrons. The lowest BCUT2D eigenvalue weighted by Gasteiger charge is -2.25. The molecule has 0 aliphatic rings. The van der Waals surface area contributed by atoms with Gasteiger partial charge >= 0.3 is 5.69 Å². The Balaban J connectivity index is 2.53. The second-order valence-corrected chi connectivity index (χ2v) is 8.64. The van der Waals surface area contributed by atoms with Gasteiger partial charge in [0.1, 0.15) is 5.82 Å². The second kappa shape index (κ2) is 9.78. The van der Waals surface area contributed by atoms with Gasteiger partial charge in [-0.25, -0.2) is 4.79 Å². The van der Waals surface area contributed by atoms with Gasteiger partial charge < -0.3 is 10.6 Å². The highest BCUT2D eigenvalue weighted by molar-refractivity contribution is 6.07. The molecule has 0 atom stereocenters. The van der Waals surface area contributed by atoms with Crippen molar-refractivity contribution >= 4 is 17.4 Å². The Morgan fingerprint density at radius 1 is 1.07 bits per heavy atom. The molecule has 0 fully saturated rings. The van der Waals surface area contributed by atoms with Gasteiger partial charge in [0.05, 0.1) is 0 Å². The molecule has 7 heteroatoms. The molecular weight excluding hydrogens is 380 g/mol. The van der Waals surface area contributed by atoms with Crippen LogP contribution in [0.2, 0.25) is 0 Å². The van der Waals surface area contributed by atoms with Crippen molar-refractivity contribution in [2.75, 3.05) is 17.2 Å². The van der Waals surface area contributed by atoms with E-state index in [0.29, 0.717) is 25.1 Å². The number of anilines is 2. The third-order valence-corrected chi connectivity index (χ3v) is 5.20. The van der Waals surface area contributed by atoms with E-state index < -0.39 is 11.2 Å². The van der Waals surface area contributed by atoms with E-state index in [2.05, 4.69) is 25.8 Å². The third-order valence-electron chi connectivity index (χ3n) is 5.20. The summed E-state index contributed by atoms with van der Waals surface area (Å²) in [5.74, 6) is -0.269. The molecule has 1 heterocycles. The predicted octanol–water partition coefficient (Wildman–Crippen LogP) is 3.66. The van der Waals surface area contributed by atoms with Gasteiger partial charge in [0, 0.05) is 18.7 Å². The number of unbranched alkanes of at least 4 members (excludes halogenated alkanes) is 2. The zero-order chi connectivity index (χ0) is 22.5. The SMILES string of the molecule is CCCCN(C(=O)c1ccc(C(C)(C)C)cc1)c1c(N)n(CCCC)c(=O)[nH]c1=O. The molecule has 3 N–H and O–H groups in total. The van der Waals surface area contributed by atoms with Crippen LogP contribution in [0.4, 0.5) is 11.5 Å². The summed E-state index contributed by atoms with van der Waals surface area (Å²) in [6, 6.07) is 7.42. The van der Waals surface area contributed by atoms with Crippen molar-refractivity contribution in [2.45, 2.75) is 72.3 Å². The van der Waals surface area contributed by atoms with Crippen molar-refractivity contribution < 1.29 is 4.79 Å². The fourth-order valence-corrected chi connectivity index (χ4v) is 3.28. The topological polar surface area (TPSA) is 101 Å². The third kappa shape index (κ3) is 5.20. The predicted molar refractivity (Wildman–Crippen MR) is 122 cm³/mol. The van der Waals surface area contributed by atoms with Crippen LogP contribution in [-0.2, 0) is 12.0 Å². The minimum absolute atomic E-state index is 0.0279. The Morgan fingerprint density at radius 2 is 1.67 bits per heavy atom. The van der Waals surface area contributed by atoms with Crippen LogP contribution in [0.5, 0.6) is 0 Å². The van der Waals surface area contributed by atoms with Crippen molar-refractivity contribution in [3.63, 3.8) is 0 Å². The zero-order valence-corrected chi connectivity index (χ0v) is 18.7. The van der Waals surface area contributed by atoms with Crippen LogP contribution in [0.25, 0.3) is 0 Å². The molecule has 30 heavy (non-hydrogen) atoms. The molecule has 0 saturated carbocycles. The minimum atomic E-state index is -0.638. The Labute approximate surface area is 177 Å². The van der Waals surface area contributed by atoms with Gasteiger partial charge in [-0.15, -0.1) is 0 Å². The van der Waals surface area contributed by atoms with E-state index in [0.717, 1.165) is 24.8 Å². The zero-order valence-electron chi connectivity index (χ0n) is 18.7. The van der Waals surface area contributed by atoms with Crippen molar-refractivity contribution in [2.24, 2.45) is 0 Å². The molecule has 1 amide bonds. The highest BCUT2D eigenvalue weighted by atomic mass is 16.2. The normalized spacial score (nSPS) is 11.5. The first-order chi connectivity index (χ1) is 14.1. The van der Waals surface area contributed by atoms with Gasteiger partial charge in [0.2, 0.25) is 0 Å². The average Bonchev–Trinajstić information content (AvgIpc) is 2.69. The molecule has 0 unspecified atom stereocenters. The number of H-pyrrole nitrogens is 1. The molecule has 0 radical (unpaired) electrons. The summed E-state index contributed by atoms with van der Waals surface area (Å²) in [6.07, 6.45) is 3.17. The average molecular weight is 415 g/mol. The van der Waals surface area contributed by atoms with Crippen LogP contribution in [0, 0.1) is 0 Å². The molecule has 0 aliphatic heterocycles. The van der Waals surface area contributed by atoms with E-state index in [4.69, 9.17) is 5.73 Å². The minimum Gasteiger partial charge on any atom is -0.383 e. The highest BCUT2D eigenvalue weighted by Gasteiger charge is 2.25. The fraction of sp³-hybridized carbons (Fsp3) is 0.522. The first-order valence-corrected chi connectivity index (χ1v) is 10.7. The smallest absolute Gasteiger partial charge is 0.330 e. The number of rotatable bonds is 8. The monoisotopic (exact) mass is 414 g/mol. The first-order valence-electron chi connectivity index (χ1n) is 10.7. The lowest BCUT2D eigenvalue weighted by atomic mass is 9.86. The summed E-state index contributed by atoms with van der Waals surface area (Å²) in [6.45, 7) is 11.1. The van der Waals surface area contributed by atoms with Crippen molar-refractivity contribution in [1.29, 1.82) is 0 Å². The highest BCUT2D eigenvalue weighted by Crippen LogP contribution is 2.24. The number of nitrogens with zero attached hydrogens (tertiary/aromatic N) is 2. The van der Waals surface area contributed by atoms with Crippen molar-refractivity contribution in [3.8, 4) is 0 Å². The molecule has 1 aromatic carbocycles. The number of aromatic amines is 1. The number of nitrogen functional groups attached to an aromatic ring is 1. The van der Waals surface area contributed by atoms with E-state index in [-0.39, 0.29) is 22.8 Å². The number of nitrogens with two attached hydrogens (primary N) is 1. The Morgan fingerprint density at radius 3 is 2.20 bits per heavy atom. The number of carbonyl (C=O) groups is 1. The number of hydrogen-bond acceptors (Lipinski definition) is 4. The van der Waals surface area contributed by atoms with Crippen LogP contribution in [0.3, 0.4) is 0 Å². The van der Waals surface area contributed by atoms with Gasteiger partial charge in [-0.1, -0.05) is 59.6 Å². The number of nitrogens with one attached hydrogen (secondary N) is 1. The summed E-state index contributed by atoms with van der Waals surface area (Å²) >= 11 is 0. The van der Waals surface area contributed by atoms with Crippen molar-refractivity contribution in [3.05, 3.63) is 56.2 Å². The van der Waals surface area contributed by atoms with E-state index in [1.165, 1.54) is 9.47 Å². The van der Waals surface area contributed by atoms with Crippen LogP contribution < -0.4 is 21.9 Å². The van der Waals surface area contributed by atoms with E-state index in [1.807, 2.05) is 26.0 Å². The first kappa shape index (κ1) is 23.4. The number of hydrogen-bond donors (Lipinski definition) is 2. The largest absolute Gasteiger partial charge is 0.383 e. The molecule has 0 spiro atoms. The Hall–Kier alpha value is -2.83. The van der Waals surface area contributed by atoms with Gasteiger partial charge in [-0.3, -0.25) is 19.1 Å². The summed E-state index contributed by atoms with van der Waals surface area (Å²) in [7, 11) is 0. The quantitative estimate of drug-likeness (QED) is 0.688. The Kier molecular flexibility index (Phi) is 7.65. The molecule has 2 rings (SSSR count). The summed E-state index contributed by atoms with van der Waals surface area (Å²) in [4.78, 5) is 42.0. The van der Waals surface area contributed by atoms with Gasteiger partial charge in [0.15, 0.2) is 5.69 Å². The molecule has 0 aliphatic carbocycles. The number of benzene rings is 1. The van der Waals surface area contributed by atoms with Crippen molar-refractivity contribution in [1.82, 2.24) is 9.55 Å². The Bertz CT molecular complexity index is 981. The van der Waals surface area contributed by atoms with Crippen LogP contribution in [-0.4, -0.2) is 22.0 Å². The number of aromatic nitrogens is 2. The fourth-order valence-electron chi connectivity index (χ4n) is 3.28. The van der Waals surface area contributed by atoms with Gasteiger partial charge in [-0.05, 0) is 36.0 Å². The van der Waals surface area contributed by atoms with E-state index in [9.17, 15) is 14.4 Å². The lowest BCUT2D eigenvalue weighted by Crippen LogP contribution is -2.41. The molecular formula is C23H34N4O3.